The van der Waals surface area contributed by atoms with Crippen LogP contribution in [0.25, 0.3) is 19.8 Å². The van der Waals surface area contributed by atoms with Gasteiger partial charge in [-0.05, 0) is 47.2 Å². The van der Waals surface area contributed by atoms with Crippen molar-refractivity contribution >= 4 is 92.0 Å². The quantitative estimate of drug-likeness (QED) is 0.110. The van der Waals surface area contributed by atoms with Crippen molar-refractivity contribution in [2.75, 3.05) is 47.0 Å². The SMILES string of the molecule is NC(=O)C1(O)CCN(c2ncccc2N)C1.NC(=O)C1(O)CCN(c2ncccc2NC(=O)c2csc(-c3cccs3)n2)C1.O=C(O)c1csc(-c2cccs2)n1. The Labute approximate surface area is 341 Å². The number of carbonyl (C=O) groups excluding carboxylic acids is 3. The van der Waals surface area contributed by atoms with Crippen LogP contribution in [0.1, 0.15) is 33.8 Å². The molecule has 6 aromatic rings. The van der Waals surface area contributed by atoms with E-state index in [2.05, 4.69) is 25.3 Å². The Morgan fingerprint density at radius 2 is 1.21 bits per heavy atom. The molecule has 0 aliphatic carbocycles. The van der Waals surface area contributed by atoms with Gasteiger partial charge in [0.05, 0.1) is 34.2 Å². The molecule has 2 aliphatic rings. The topological polar surface area (TPSA) is 277 Å². The highest BCUT2D eigenvalue weighted by Crippen LogP contribution is 2.33. The molecule has 2 atom stereocenters. The maximum absolute atomic E-state index is 12.7. The Bertz CT molecular complexity index is 2350. The number of nitrogens with zero attached hydrogens (tertiary/aromatic N) is 6. The van der Waals surface area contributed by atoms with Crippen molar-refractivity contribution < 1.29 is 34.5 Å². The van der Waals surface area contributed by atoms with E-state index < -0.39 is 29.0 Å². The number of hydrogen-bond donors (Lipinski definition) is 7. The normalized spacial score (nSPS) is 18.6. The molecule has 0 bridgehead atoms. The number of aromatic carboxylic acids is 1. The first-order chi connectivity index (χ1) is 27.3. The van der Waals surface area contributed by atoms with Crippen LogP contribution in [-0.2, 0) is 9.59 Å². The van der Waals surface area contributed by atoms with Gasteiger partial charge in [0.15, 0.2) is 28.5 Å². The van der Waals surface area contributed by atoms with Gasteiger partial charge in [0, 0.05) is 49.1 Å². The maximum atomic E-state index is 12.7. The van der Waals surface area contributed by atoms with Crippen LogP contribution >= 0.6 is 45.3 Å². The van der Waals surface area contributed by atoms with Gasteiger partial charge in [0.2, 0.25) is 0 Å². The first kappa shape index (κ1) is 40.8. The zero-order valence-electron chi connectivity index (χ0n) is 29.8. The van der Waals surface area contributed by atoms with E-state index in [-0.39, 0.29) is 31.1 Å². The third-order valence-electron chi connectivity index (χ3n) is 8.79. The fourth-order valence-electron chi connectivity index (χ4n) is 5.73. The molecule has 0 radical (unpaired) electrons. The number of thiazole rings is 2. The summed E-state index contributed by atoms with van der Waals surface area (Å²) in [6, 6.07) is 14.6. The Morgan fingerprint density at radius 3 is 1.68 bits per heavy atom. The molecule has 0 aromatic carbocycles. The molecule has 2 fully saturated rings. The number of primary amides is 2. The molecule has 2 aliphatic heterocycles. The molecular formula is C36H36N10O7S4. The average molecular weight is 849 g/mol. The molecule has 0 saturated carbocycles. The summed E-state index contributed by atoms with van der Waals surface area (Å²) in [6.07, 6.45) is 3.72. The summed E-state index contributed by atoms with van der Waals surface area (Å²) >= 11 is 5.88. The molecule has 2 saturated heterocycles. The van der Waals surface area contributed by atoms with Crippen LogP contribution in [0.4, 0.5) is 23.0 Å². The molecule has 296 valence electrons. The van der Waals surface area contributed by atoms with Crippen molar-refractivity contribution in [1.82, 2.24) is 19.9 Å². The summed E-state index contributed by atoms with van der Waals surface area (Å²) in [4.78, 5) is 68.1. The number of nitrogens with two attached hydrogens (primary N) is 3. The number of carboxylic acids is 1. The summed E-state index contributed by atoms with van der Waals surface area (Å²) < 4.78 is 0. The molecule has 57 heavy (non-hydrogen) atoms. The third-order valence-corrected chi connectivity index (χ3v) is 12.6. The lowest BCUT2D eigenvalue weighted by Gasteiger charge is -2.22. The fraction of sp³-hybridized carbons (Fsp3) is 0.222. The van der Waals surface area contributed by atoms with Gasteiger partial charge in [-0.25, -0.2) is 24.7 Å². The minimum atomic E-state index is -1.59. The number of nitrogen functional groups attached to an aromatic ring is 1. The average Bonchev–Trinajstić information content (AvgIpc) is 4.04. The van der Waals surface area contributed by atoms with Gasteiger partial charge in [-0.2, -0.15) is 0 Å². The molecule has 17 nitrogen and oxygen atoms in total. The van der Waals surface area contributed by atoms with E-state index in [0.29, 0.717) is 48.2 Å². The van der Waals surface area contributed by atoms with Gasteiger partial charge in [-0.15, -0.1) is 45.3 Å². The number of rotatable bonds is 9. The highest BCUT2D eigenvalue weighted by molar-refractivity contribution is 7.20. The highest BCUT2D eigenvalue weighted by atomic mass is 32.1. The van der Waals surface area contributed by atoms with E-state index in [1.807, 2.05) is 35.0 Å². The van der Waals surface area contributed by atoms with Crippen molar-refractivity contribution in [3.63, 3.8) is 0 Å². The van der Waals surface area contributed by atoms with Crippen molar-refractivity contribution in [2.45, 2.75) is 24.0 Å². The summed E-state index contributed by atoms with van der Waals surface area (Å²) in [7, 11) is 0. The number of anilines is 4. The predicted molar refractivity (Wildman–Crippen MR) is 221 cm³/mol. The van der Waals surface area contributed by atoms with Crippen LogP contribution in [0.5, 0.6) is 0 Å². The van der Waals surface area contributed by atoms with E-state index >= 15 is 0 Å². The number of aromatic nitrogens is 4. The van der Waals surface area contributed by atoms with Crippen LogP contribution < -0.4 is 32.3 Å². The number of thiophene rings is 2. The van der Waals surface area contributed by atoms with E-state index in [0.717, 1.165) is 19.8 Å². The Hall–Kier alpha value is -5.84. The van der Waals surface area contributed by atoms with Crippen molar-refractivity contribution in [2.24, 2.45) is 11.5 Å². The number of amides is 3. The monoisotopic (exact) mass is 848 g/mol. The van der Waals surface area contributed by atoms with Gasteiger partial charge < -0.3 is 47.6 Å². The lowest BCUT2D eigenvalue weighted by Crippen LogP contribution is -2.46. The maximum Gasteiger partial charge on any atom is 0.355 e. The summed E-state index contributed by atoms with van der Waals surface area (Å²) in [6.45, 7) is 1.09. The van der Waals surface area contributed by atoms with Crippen molar-refractivity contribution in [1.29, 1.82) is 0 Å². The molecule has 8 heterocycles. The third kappa shape index (κ3) is 9.59. The number of hydrogen-bond acceptors (Lipinski definition) is 17. The molecule has 2 unspecified atom stereocenters. The Morgan fingerprint density at radius 1 is 0.702 bits per heavy atom. The second-order valence-electron chi connectivity index (χ2n) is 12.7. The van der Waals surface area contributed by atoms with Gasteiger partial charge in [-0.1, -0.05) is 12.1 Å². The minimum absolute atomic E-state index is 0.0292. The fourth-order valence-corrected chi connectivity index (χ4v) is 8.96. The van der Waals surface area contributed by atoms with Gasteiger partial charge in [0.1, 0.15) is 15.7 Å². The number of nitrogens with one attached hydrogen (secondary N) is 1. The summed E-state index contributed by atoms with van der Waals surface area (Å²) in [5, 5.41) is 40.4. The van der Waals surface area contributed by atoms with E-state index in [4.69, 9.17) is 22.3 Å². The standard InChI is InChI=1S/C18H17N5O3S2.C10H14N4O2.C8H5NO2S2/c19-17(25)18(26)5-7-23(10-18)14-11(3-1-6-20-14)21-15(24)12-9-28-16(22-12)13-4-2-8-27-13;11-7-2-1-4-13-8(7)14-5-3-10(16,6-14)9(12)15;10-8(11)5-4-13-7(9-5)6-2-1-3-12-6/h1-4,6,8-9,26H,5,7,10H2,(H2,19,25)(H,21,24);1-2,4,16H,3,5-6,11H2,(H2,12,15);1-4H,(H,10,11). The number of carbonyl (C=O) groups is 4. The van der Waals surface area contributed by atoms with Gasteiger partial charge in [-0.3, -0.25) is 14.4 Å². The van der Waals surface area contributed by atoms with Gasteiger partial charge in [0.25, 0.3) is 17.7 Å². The van der Waals surface area contributed by atoms with Crippen LogP contribution in [0.3, 0.4) is 0 Å². The molecule has 8 rings (SSSR count). The van der Waals surface area contributed by atoms with Crippen LogP contribution in [0.2, 0.25) is 0 Å². The highest BCUT2D eigenvalue weighted by Gasteiger charge is 2.43. The lowest BCUT2D eigenvalue weighted by atomic mass is 10.0. The largest absolute Gasteiger partial charge is 0.476 e. The second kappa shape index (κ2) is 17.5. The Kier molecular flexibility index (Phi) is 12.6. The van der Waals surface area contributed by atoms with Crippen LogP contribution in [0.15, 0.2) is 82.4 Å². The second-order valence-corrected chi connectivity index (χ2v) is 16.3. The molecule has 10 N–H and O–H groups in total. The first-order valence-corrected chi connectivity index (χ1v) is 20.5. The zero-order valence-corrected chi connectivity index (χ0v) is 33.1. The first-order valence-electron chi connectivity index (χ1n) is 17.0. The van der Waals surface area contributed by atoms with Crippen molar-refractivity contribution in [3.05, 3.63) is 93.8 Å². The van der Waals surface area contributed by atoms with Crippen molar-refractivity contribution in [3.8, 4) is 19.8 Å². The smallest absolute Gasteiger partial charge is 0.355 e. The van der Waals surface area contributed by atoms with E-state index in [9.17, 15) is 29.4 Å². The van der Waals surface area contributed by atoms with Crippen LogP contribution in [0, 0.1) is 0 Å². The van der Waals surface area contributed by atoms with E-state index in [1.165, 1.54) is 22.7 Å². The lowest BCUT2D eigenvalue weighted by molar-refractivity contribution is -0.134. The predicted octanol–water partition coefficient (Wildman–Crippen LogP) is 3.61. The summed E-state index contributed by atoms with van der Waals surface area (Å²) in [5.41, 5.74) is 14.6. The van der Waals surface area contributed by atoms with Gasteiger partial charge >= 0.3 is 5.97 Å². The number of pyridine rings is 2. The molecule has 0 spiro atoms. The zero-order chi connectivity index (χ0) is 40.7. The molecule has 3 amide bonds. The van der Waals surface area contributed by atoms with Crippen LogP contribution in [-0.4, -0.2) is 96.3 Å². The minimum Gasteiger partial charge on any atom is -0.476 e. The molecular weight excluding hydrogens is 813 g/mol. The number of β-amino-alcohol motifs (C(OH)–C–C–N with tert-alkyl or cyclic N) is 2. The number of carboxylic acid groups (broad SMARTS) is 1. The molecule has 21 heteroatoms. The van der Waals surface area contributed by atoms with E-state index in [1.54, 1.807) is 79.9 Å². The Balaban J connectivity index is 0.000000160. The summed E-state index contributed by atoms with van der Waals surface area (Å²) in [5.74, 6) is -1.73. The number of aliphatic hydroxyl groups is 2. The molecule has 6 aromatic heterocycles.